The molecule has 0 aromatic rings. The first-order valence-electron chi connectivity index (χ1n) is 26.1. The molecule has 0 aliphatic carbocycles. The second-order valence-corrected chi connectivity index (χ2v) is 18.2. The van der Waals surface area contributed by atoms with Crippen LogP contribution in [0.15, 0.2) is 12.2 Å². The summed E-state index contributed by atoms with van der Waals surface area (Å²) in [5.74, 6) is -0.590. The highest BCUT2D eigenvalue weighted by molar-refractivity contribution is 5.80. The van der Waals surface area contributed by atoms with E-state index in [0.717, 1.165) is 38.5 Å². The summed E-state index contributed by atoms with van der Waals surface area (Å²) in [5.41, 5.74) is 0. The predicted molar refractivity (Wildman–Crippen MR) is 251 cm³/mol. The van der Waals surface area contributed by atoms with Crippen molar-refractivity contribution >= 4 is 5.91 Å². The van der Waals surface area contributed by atoms with E-state index in [0.29, 0.717) is 12.8 Å². The summed E-state index contributed by atoms with van der Waals surface area (Å²) in [4.78, 5) is 12.5. The van der Waals surface area contributed by atoms with Gasteiger partial charge in [0.05, 0.1) is 18.8 Å². The quantitative estimate of drug-likeness (QED) is 0.0310. The minimum Gasteiger partial charge on any atom is -0.394 e. The van der Waals surface area contributed by atoms with Gasteiger partial charge in [-0.15, -0.1) is 0 Å². The van der Waals surface area contributed by atoms with Gasteiger partial charge in [-0.1, -0.05) is 257 Å². The van der Waals surface area contributed by atoms with Crippen molar-refractivity contribution in [3.05, 3.63) is 12.2 Å². The zero-order valence-electron chi connectivity index (χ0n) is 39.1. The number of nitrogens with one attached hydrogen (secondary N) is 1. The zero-order valence-corrected chi connectivity index (χ0v) is 39.1. The third-order valence-electron chi connectivity index (χ3n) is 12.5. The third kappa shape index (κ3) is 40.5. The van der Waals surface area contributed by atoms with Gasteiger partial charge in [0, 0.05) is 0 Å². The van der Waals surface area contributed by atoms with Gasteiger partial charge in [-0.25, -0.2) is 0 Å². The molecule has 0 bridgehead atoms. The summed E-state index contributed by atoms with van der Waals surface area (Å²) < 4.78 is 0. The maximum Gasteiger partial charge on any atom is 0.249 e. The lowest BCUT2D eigenvalue weighted by Crippen LogP contribution is -2.53. The molecule has 0 aromatic heterocycles. The first-order valence-corrected chi connectivity index (χ1v) is 26.1. The van der Waals surface area contributed by atoms with Gasteiger partial charge in [0.15, 0.2) is 0 Å². The van der Waals surface area contributed by atoms with Crippen molar-refractivity contribution in [2.75, 3.05) is 6.61 Å². The lowest BCUT2D eigenvalue weighted by atomic mass is 10.00. The van der Waals surface area contributed by atoms with Gasteiger partial charge in [-0.05, 0) is 38.5 Å². The van der Waals surface area contributed by atoms with Crippen LogP contribution in [0.5, 0.6) is 0 Å². The largest absolute Gasteiger partial charge is 0.394 e. The molecule has 58 heavy (non-hydrogen) atoms. The van der Waals surface area contributed by atoms with E-state index in [9.17, 15) is 25.2 Å². The van der Waals surface area contributed by atoms with Crippen molar-refractivity contribution in [2.24, 2.45) is 0 Å². The number of carbonyl (C=O) groups excluding carboxylic acids is 1. The molecule has 0 saturated heterocycles. The molecule has 346 valence electrons. The molecule has 4 atom stereocenters. The van der Waals surface area contributed by atoms with Gasteiger partial charge in [0.25, 0.3) is 0 Å². The van der Waals surface area contributed by atoms with Crippen LogP contribution in [0.3, 0.4) is 0 Å². The van der Waals surface area contributed by atoms with Crippen LogP contribution in [-0.4, -0.2) is 57.3 Å². The van der Waals surface area contributed by atoms with Crippen LogP contribution in [0.2, 0.25) is 0 Å². The minimum absolute atomic E-state index is 0.367. The smallest absolute Gasteiger partial charge is 0.249 e. The van der Waals surface area contributed by atoms with Gasteiger partial charge in [0.2, 0.25) is 5.91 Å². The fourth-order valence-corrected chi connectivity index (χ4v) is 8.35. The Balaban J connectivity index is 3.61. The number of rotatable bonds is 48. The Kier molecular flexibility index (Phi) is 46.3. The summed E-state index contributed by atoms with van der Waals surface area (Å²) in [6.07, 6.45) is 54.3. The monoisotopic (exact) mass is 822 g/mol. The Hall–Kier alpha value is -0.950. The van der Waals surface area contributed by atoms with E-state index >= 15 is 0 Å². The Morgan fingerprint density at radius 2 is 0.707 bits per heavy atom. The summed E-state index contributed by atoms with van der Waals surface area (Å²) in [7, 11) is 0. The molecule has 5 N–H and O–H groups in total. The van der Waals surface area contributed by atoms with E-state index in [1.54, 1.807) is 0 Å². The zero-order chi connectivity index (χ0) is 42.4. The molecule has 0 aliphatic rings. The molecule has 6 heteroatoms. The fourth-order valence-electron chi connectivity index (χ4n) is 8.35. The Labute approximate surface area is 362 Å². The highest BCUT2D eigenvalue weighted by Gasteiger charge is 2.28. The van der Waals surface area contributed by atoms with Crippen LogP contribution >= 0.6 is 0 Å². The molecule has 0 aliphatic heterocycles. The Morgan fingerprint density at radius 1 is 0.414 bits per heavy atom. The molecule has 0 aromatic carbocycles. The number of hydrogen-bond acceptors (Lipinski definition) is 5. The normalized spacial score (nSPS) is 14.0. The molecular formula is C52H103NO5. The van der Waals surface area contributed by atoms with E-state index in [-0.39, 0.29) is 0 Å². The van der Waals surface area contributed by atoms with E-state index in [1.807, 2.05) is 0 Å². The van der Waals surface area contributed by atoms with Crippen LogP contribution in [0.4, 0.5) is 0 Å². The Morgan fingerprint density at radius 3 is 1.03 bits per heavy atom. The van der Waals surface area contributed by atoms with Crippen molar-refractivity contribution in [2.45, 2.75) is 308 Å². The van der Waals surface area contributed by atoms with Crippen molar-refractivity contribution in [3.8, 4) is 0 Å². The Bertz CT molecular complexity index is 837. The molecule has 1 amide bonds. The third-order valence-corrected chi connectivity index (χ3v) is 12.5. The number of hydrogen-bond donors (Lipinski definition) is 5. The van der Waals surface area contributed by atoms with Gasteiger partial charge in [-0.3, -0.25) is 4.79 Å². The molecule has 0 fully saturated rings. The lowest BCUT2D eigenvalue weighted by Gasteiger charge is -2.27. The standard InChI is InChI=1S/C52H103NO5/c1-3-5-7-9-11-13-15-17-18-19-20-21-22-23-24-25-26-27-28-29-30-31-32-34-35-37-39-41-43-45-49(55)51(57)48(47-54)53-52(58)50(56)46-44-42-40-38-36-33-16-14-12-10-8-6-4-2/h37,39,48-51,54-57H,3-36,38,40-47H2,1-2H3,(H,53,58)/b39-37+. The van der Waals surface area contributed by atoms with Crippen molar-refractivity contribution in [3.63, 3.8) is 0 Å². The molecule has 0 spiro atoms. The van der Waals surface area contributed by atoms with Gasteiger partial charge in [0.1, 0.15) is 12.2 Å². The number of unbranched alkanes of at least 4 members (excludes halogenated alkanes) is 37. The maximum atomic E-state index is 12.5. The van der Waals surface area contributed by atoms with Crippen molar-refractivity contribution in [1.29, 1.82) is 0 Å². The highest BCUT2D eigenvalue weighted by atomic mass is 16.3. The number of amides is 1. The summed E-state index contributed by atoms with van der Waals surface area (Å²) in [6, 6.07) is -0.997. The molecule has 6 nitrogen and oxygen atoms in total. The van der Waals surface area contributed by atoms with Gasteiger partial charge >= 0.3 is 0 Å². The van der Waals surface area contributed by atoms with E-state index in [1.165, 1.54) is 218 Å². The maximum absolute atomic E-state index is 12.5. The van der Waals surface area contributed by atoms with Crippen molar-refractivity contribution in [1.82, 2.24) is 5.32 Å². The summed E-state index contributed by atoms with van der Waals surface area (Å²) >= 11 is 0. The summed E-state index contributed by atoms with van der Waals surface area (Å²) in [6.45, 7) is 4.06. The topological polar surface area (TPSA) is 110 Å². The van der Waals surface area contributed by atoms with Crippen LogP contribution in [-0.2, 0) is 4.79 Å². The SMILES string of the molecule is CCCCCCCCCCCCCCCCCCCCCCCCCC/C=C/CCCC(O)C(O)C(CO)NC(=O)C(O)CCCCCCCCCCCCCCC. The average Bonchev–Trinajstić information content (AvgIpc) is 3.23. The van der Waals surface area contributed by atoms with Crippen LogP contribution < -0.4 is 5.32 Å². The predicted octanol–water partition coefficient (Wildman–Crippen LogP) is 14.5. The van der Waals surface area contributed by atoms with Crippen LogP contribution in [0, 0.1) is 0 Å². The second kappa shape index (κ2) is 47.1. The number of aliphatic hydroxyl groups excluding tert-OH is 4. The molecule has 0 saturated carbocycles. The fraction of sp³-hybridized carbons (Fsp3) is 0.942. The highest BCUT2D eigenvalue weighted by Crippen LogP contribution is 2.17. The van der Waals surface area contributed by atoms with E-state index in [4.69, 9.17) is 0 Å². The lowest BCUT2D eigenvalue weighted by molar-refractivity contribution is -0.132. The van der Waals surface area contributed by atoms with Crippen molar-refractivity contribution < 1.29 is 25.2 Å². The van der Waals surface area contributed by atoms with E-state index in [2.05, 4.69) is 31.3 Å². The number of allylic oxidation sites excluding steroid dienone is 2. The van der Waals surface area contributed by atoms with Gasteiger partial charge in [-0.2, -0.15) is 0 Å². The molecular weight excluding hydrogens is 719 g/mol. The molecule has 0 heterocycles. The second-order valence-electron chi connectivity index (χ2n) is 18.2. The van der Waals surface area contributed by atoms with Crippen LogP contribution in [0.25, 0.3) is 0 Å². The number of carbonyl (C=O) groups is 1. The average molecular weight is 822 g/mol. The summed E-state index contributed by atoms with van der Waals surface area (Å²) in [5, 5.41) is 43.8. The first-order chi connectivity index (χ1) is 28.5. The van der Waals surface area contributed by atoms with E-state index < -0.39 is 36.9 Å². The molecule has 4 unspecified atom stereocenters. The van der Waals surface area contributed by atoms with Gasteiger partial charge < -0.3 is 25.7 Å². The van der Waals surface area contributed by atoms with Crippen LogP contribution in [0.1, 0.15) is 284 Å². The molecule has 0 radical (unpaired) electrons. The minimum atomic E-state index is -1.28. The first kappa shape index (κ1) is 57.1. The number of aliphatic hydroxyl groups is 4. The molecule has 0 rings (SSSR count).